The predicted octanol–water partition coefficient (Wildman–Crippen LogP) is 9.33. The molecule has 0 radical (unpaired) electrons. The molecule has 4 aromatic rings. The number of benzene rings is 4. The highest BCUT2D eigenvalue weighted by Crippen LogP contribution is 2.50. The lowest BCUT2D eigenvalue weighted by molar-refractivity contribution is -0.131. The molecule has 2 atom stereocenters. The van der Waals surface area contributed by atoms with Crippen LogP contribution in [0.2, 0.25) is 0 Å². The number of hydrogen-bond acceptors (Lipinski definition) is 4. The van der Waals surface area contributed by atoms with E-state index in [4.69, 9.17) is 0 Å². The average molecular weight is 945 g/mol. The van der Waals surface area contributed by atoms with Crippen LogP contribution in [0.5, 0.6) is 0 Å². The Morgan fingerprint density at radius 3 is 2.34 bits per heavy atom. The highest BCUT2D eigenvalue weighted by Gasteiger charge is 2.43. The highest BCUT2D eigenvalue weighted by molar-refractivity contribution is 6.02. The minimum Gasteiger partial charge on any atom is -0.366 e. The van der Waals surface area contributed by atoms with E-state index in [2.05, 4.69) is 93.2 Å². The van der Waals surface area contributed by atoms with Gasteiger partial charge in [-0.1, -0.05) is 69.4 Å². The van der Waals surface area contributed by atoms with Crippen LogP contribution >= 0.6 is 0 Å². The molecule has 368 valence electrons. The van der Waals surface area contributed by atoms with Gasteiger partial charge in [0, 0.05) is 105 Å². The number of carbonyl (C=O) groups excluding carboxylic acids is 3. The molecule has 9 rings (SSSR count). The lowest BCUT2D eigenvalue weighted by atomic mass is 9.64. The summed E-state index contributed by atoms with van der Waals surface area (Å²) < 4.78 is 18.3. The monoisotopic (exact) mass is 945 g/mol. The number of carbonyl (C=O) groups is 3. The van der Waals surface area contributed by atoms with Crippen LogP contribution in [-0.4, -0.2) is 97.6 Å². The summed E-state index contributed by atoms with van der Waals surface area (Å²) in [5.74, 6) is 5.86. The Bertz CT molecular complexity index is 2920. The van der Waals surface area contributed by atoms with Gasteiger partial charge in [0.1, 0.15) is 13.1 Å². The van der Waals surface area contributed by atoms with Gasteiger partial charge in [-0.3, -0.25) is 14.4 Å². The van der Waals surface area contributed by atoms with Crippen molar-refractivity contribution in [3.63, 3.8) is 0 Å². The molecule has 0 saturated heterocycles. The largest absolute Gasteiger partial charge is 0.366 e. The van der Waals surface area contributed by atoms with E-state index < -0.39 is 5.67 Å². The Morgan fingerprint density at radius 1 is 0.843 bits per heavy atom. The fourth-order valence-electron chi connectivity index (χ4n) is 13.0. The van der Waals surface area contributed by atoms with Crippen LogP contribution in [0.25, 0.3) is 5.57 Å². The van der Waals surface area contributed by atoms with Gasteiger partial charge in [-0.25, -0.2) is 8.97 Å². The van der Waals surface area contributed by atoms with Gasteiger partial charge in [-0.15, -0.1) is 0 Å². The highest BCUT2D eigenvalue weighted by atomic mass is 19.1. The molecule has 70 heavy (non-hydrogen) atoms. The molecule has 5 aliphatic rings. The molecule has 3 heterocycles. The van der Waals surface area contributed by atoms with Crippen molar-refractivity contribution in [3.05, 3.63) is 133 Å². The minimum absolute atomic E-state index is 0.0322. The first-order chi connectivity index (χ1) is 33.4. The number of amides is 3. The quantitative estimate of drug-likeness (QED) is 0.0808. The molecule has 0 N–H and O–H groups in total. The zero-order valence-electron chi connectivity index (χ0n) is 43.5. The summed E-state index contributed by atoms with van der Waals surface area (Å²) in [5.41, 5.74) is 11.9. The average Bonchev–Trinajstić information content (AvgIpc) is 3.32. The molecule has 3 amide bonds. The van der Waals surface area contributed by atoms with Crippen molar-refractivity contribution in [2.24, 2.45) is 0 Å². The van der Waals surface area contributed by atoms with Gasteiger partial charge in [0.25, 0.3) is 11.8 Å². The summed E-state index contributed by atoms with van der Waals surface area (Å²) >= 11 is 0. The standard InChI is InChI=1S/C61H75FN5O3/c1-10-67-52-37-51-49(36-48(52)41(2)38-59(67,3)4)54(50-35-44-21-18-33-66-34-19-24-47(56(44)66)55(50)60(51,5)6)45-22-14-15-23-46(45)58(70)63(7)32-20-25-53(68)64(8)40-65(9)57(69)43-28-26-42(27-29-43)39-61(62)30-16-12-11-13-17-31-61/h14-15,22-23,26-29,35-37,41H,10-13,16,18-21,24-25,30,32-34,38-40H2,1-9H3/q+1. The van der Waals surface area contributed by atoms with Gasteiger partial charge in [0.15, 0.2) is 5.67 Å². The van der Waals surface area contributed by atoms with E-state index in [9.17, 15) is 14.4 Å². The van der Waals surface area contributed by atoms with Gasteiger partial charge in [0.05, 0.1) is 6.67 Å². The molecule has 0 bridgehead atoms. The zero-order chi connectivity index (χ0) is 49.7. The summed E-state index contributed by atoms with van der Waals surface area (Å²) in [7, 11) is 5.23. The van der Waals surface area contributed by atoms with Crippen LogP contribution in [0.4, 0.5) is 10.1 Å². The molecule has 4 aromatic carbocycles. The maximum atomic E-state index is 15.6. The molecular weight excluding hydrogens is 870 g/mol. The van der Waals surface area contributed by atoms with Crippen molar-refractivity contribution in [1.82, 2.24) is 19.3 Å². The summed E-state index contributed by atoms with van der Waals surface area (Å²) in [6.45, 7) is 18.0. The number of rotatable bonds is 12. The van der Waals surface area contributed by atoms with Crippen LogP contribution < -0.4 is 20.1 Å². The van der Waals surface area contributed by atoms with E-state index in [1.807, 2.05) is 31.3 Å². The normalized spacial score (nSPS) is 20.6. The third-order valence-electron chi connectivity index (χ3n) is 16.4. The van der Waals surface area contributed by atoms with Crippen molar-refractivity contribution >= 4 is 29.0 Å². The molecule has 3 aliphatic heterocycles. The first-order valence-electron chi connectivity index (χ1n) is 26.3. The summed E-state index contributed by atoms with van der Waals surface area (Å²) in [5, 5.41) is 2.74. The van der Waals surface area contributed by atoms with E-state index in [1.54, 1.807) is 36.0 Å². The number of hydrogen-bond donors (Lipinski definition) is 0. The van der Waals surface area contributed by atoms with Gasteiger partial charge >= 0.3 is 0 Å². The smallest absolute Gasteiger partial charge is 0.255 e. The number of fused-ring (bicyclic) bond motifs is 4. The predicted molar refractivity (Wildman–Crippen MR) is 281 cm³/mol. The van der Waals surface area contributed by atoms with Crippen LogP contribution in [0, 0.1) is 11.8 Å². The van der Waals surface area contributed by atoms with Crippen molar-refractivity contribution in [3.8, 4) is 11.8 Å². The van der Waals surface area contributed by atoms with Crippen molar-refractivity contribution in [2.45, 2.75) is 148 Å². The molecule has 2 unspecified atom stereocenters. The van der Waals surface area contributed by atoms with Crippen molar-refractivity contribution < 1.29 is 18.8 Å². The van der Waals surface area contributed by atoms with Gasteiger partial charge in [-0.05, 0) is 152 Å². The van der Waals surface area contributed by atoms with Crippen molar-refractivity contribution in [2.75, 3.05) is 58.9 Å². The van der Waals surface area contributed by atoms with E-state index in [1.165, 1.54) is 54.5 Å². The van der Waals surface area contributed by atoms with Crippen molar-refractivity contribution in [1.29, 1.82) is 0 Å². The van der Waals surface area contributed by atoms with E-state index in [0.29, 0.717) is 36.4 Å². The Kier molecular flexibility index (Phi) is 13.7. The Balaban J connectivity index is 0.950. The van der Waals surface area contributed by atoms with Gasteiger partial charge in [-0.2, -0.15) is 0 Å². The summed E-state index contributed by atoms with van der Waals surface area (Å²) in [4.78, 5) is 49.3. The van der Waals surface area contributed by atoms with E-state index in [0.717, 1.165) is 94.1 Å². The Hall–Kier alpha value is -5.75. The number of aryl methyl sites for hydroxylation is 1. The third kappa shape index (κ3) is 9.21. The maximum absolute atomic E-state index is 15.6. The molecule has 0 fully saturated rings. The molecule has 0 saturated carbocycles. The van der Waals surface area contributed by atoms with Crippen LogP contribution in [0.1, 0.15) is 177 Å². The minimum atomic E-state index is -1.55. The van der Waals surface area contributed by atoms with Gasteiger partial charge < -0.3 is 19.6 Å². The third-order valence-corrected chi connectivity index (χ3v) is 16.4. The maximum Gasteiger partial charge on any atom is 0.255 e. The lowest BCUT2D eigenvalue weighted by Gasteiger charge is -2.48. The first-order valence-corrected chi connectivity index (χ1v) is 26.3. The summed E-state index contributed by atoms with van der Waals surface area (Å²) in [6.07, 6.45) is 10.4. The van der Waals surface area contributed by atoms with E-state index in [-0.39, 0.29) is 48.2 Å². The zero-order valence-corrected chi connectivity index (χ0v) is 43.5. The number of alkyl halides is 1. The second-order valence-electron chi connectivity index (χ2n) is 22.4. The van der Waals surface area contributed by atoms with Crippen LogP contribution in [0.15, 0.2) is 66.7 Å². The fraction of sp³-hybridized carbons (Fsp3) is 0.508. The van der Waals surface area contributed by atoms with Crippen LogP contribution in [-0.2, 0) is 29.5 Å². The van der Waals surface area contributed by atoms with E-state index >= 15 is 4.39 Å². The molecule has 9 heteroatoms. The number of nitrogens with zero attached hydrogens (tertiary/aromatic N) is 5. The Labute approximate surface area is 416 Å². The number of anilines is 1. The molecule has 8 nitrogen and oxygen atoms in total. The molecular formula is C61H75FN5O3+. The number of halogens is 1. The second kappa shape index (κ2) is 19.5. The molecule has 2 aliphatic carbocycles. The fourth-order valence-corrected chi connectivity index (χ4v) is 13.0. The van der Waals surface area contributed by atoms with Gasteiger partial charge in [0.2, 0.25) is 11.3 Å². The first kappa shape index (κ1) is 49.2. The molecule has 0 spiro atoms. The molecule has 0 aromatic heterocycles. The lowest BCUT2D eigenvalue weighted by Crippen LogP contribution is -2.50. The second-order valence-corrected chi connectivity index (χ2v) is 22.4. The van der Waals surface area contributed by atoms with Crippen LogP contribution in [0.3, 0.4) is 0 Å². The topological polar surface area (TPSA) is 67.2 Å². The summed E-state index contributed by atoms with van der Waals surface area (Å²) in [6, 6.07) is 22.8. The Morgan fingerprint density at radius 2 is 1.59 bits per heavy atom. The SMILES string of the molecule is CCN1c2cc3c(cc2C(C)CC1(C)C)C(c1ccccc1C(=O)N(C)CCCC(=O)N(C)CN(C)C(=O)c1ccc(CC2(F)C#CCCCCC2)cc1)=c1cc2c4c(c1C3(C)C)CCC[N+]=4CCC2.